The lowest BCUT2D eigenvalue weighted by Crippen LogP contribution is -2.09. The molecule has 1 N–H and O–H groups in total. The summed E-state index contributed by atoms with van der Waals surface area (Å²) < 4.78 is 29.0. The van der Waals surface area contributed by atoms with Crippen LogP contribution in [0.2, 0.25) is 0 Å². The van der Waals surface area contributed by atoms with Gasteiger partial charge >= 0.3 is 0 Å². The van der Waals surface area contributed by atoms with E-state index < -0.39 is 10.1 Å². The quantitative estimate of drug-likeness (QED) is 0.858. The molecule has 0 aliphatic carbocycles. The molecule has 0 radical (unpaired) electrons. The third kappa shape index (κ3) is 3.81. The van der Waals surface area contributed by atoms with Crippen LogP contribution >= 0.6 is 0 Å². The first-order chi connectivity index (χ1) is 9.08. The minimum atomic E-state index is -3.71. The zero-order valence-electron chi connectivity index (χ0n) is 10.5. The maximum absolute atomic E-state index is 12.0. The SMILES string of the molecule is Cc1ccc(S(=O)(=O)OCC2=CNC=CC=C2)cc1. The Labute approximate surface area is 113 Å². The molecule has 1 aliphatic heterocycles. The van der Waals surface area contributed by atoms with E-state index in [0.717, 1.165) is 11.1 Å². The van der Waals surface area contributed by atoms with Crippen molar-refractivity contribution in [3.05, 3.63) is 66.0 Å². The van der Waals surface area contributed by atoms with E-state index in [0.29, 0.717) is 0 Å². The third-order valence-electron chi connectivity index (χ3n) is 2.57. The van der Waals surface area contributed by atoms with E-state index in [1.165, 1.54) is 0 Å². The summed E-state index contributed by atoms with van der Waals surface area (Å²) in [6.45, 7) is 1.90. The number of rotatable bonds is 4. The van der Waals surface area contributed by atoms with Gasteiger partial charge in [0.2, 0.25) is 0 Å². The van der Waals surface area contributed by atoms with Crippen LogP contribution in [0.4, 0.5) is 0 Å². The first kappa shape index (κ1) is 13.6. The van der Waals surface area contributed by atoms with E-state index in [1.54, 1.807) is 42.7 Å². The average molecular weight is 277 g/mol. The van der Waals surface area contributed by atoms with Crippen molar-refractivity contribution in [1.29, 1.82) is 0 Å². The minimum Gasteiger partial charge on any atom is -0.367 e. The summed E-state index contributed by atoms with van der Waals surface area (Å²) in [6, 6.07) is 6.57. The Morgan fingerprint density at radius 1 is 1.16 bits per heavy atom. The molecule has 0 aromatic heterocycles. The second kappa shape index (κ2) is 5.86. The second-order valence-electron chi connectivity index (χ2n) is 4.13. The maximum Gasteiger partial charge on any atom is 0.297 e. The van der Waals surface area contributed by atoms with Crippen molar-refractivity contribution in [3.63, 3.8) is 0 Å². The van der Waals surface area contributed by atoms with Crippen LogP contribution in [-0.4, -0.2) is 15.0 Å². The smallest absolute Gasteiger partial charge is 0.297 e. The Kier molecular flexibility index (Phi) is 4.19. The fraction of sp³-hybridized carbons (Fsp3) is 0.143. The highest BCUT2D eigenvalue weighted by molar-refractivity contribution is 7.86. The standard InChI is InChI=1S/C14H15NO3S/c1-12-5-7-14(8-6-12)19(16,17)18-11-13-4-2-3-9-15-10-13/h2-10,15H,11H2,1H3. The van der Waals surface area contributed by atoms with Crippen LogP contribution < -0.4 is 5.32 Å². The van der Waals surface area contributed by atoms with Gasteiger partial charge in [-0.2, -0.15) is 8.42 Å². The Morgan fingerprint density at radius 3 is 2.63 bits per heavy atom. The molecule has 19 heavy (non-hydrogen) atoms. The van der Waals surface area contributed by atoms with E-state index in [4.69, 9.17) is 4.18 Å². The highest BCUT2D eigenvalue weighted by Crippen LogP contribution is 2.14. The minimum absolute atomic E-state index is 0.00138. The summed E-state index contributed by atoms with van der Waals surface area (Å²) in [6.07, 6.45) is 8.87. The van der Waals surface area contributed by atoms with Gasteiger partial charge in [0.1, 0.15) is 0 Å². The van der Waals surface area contributed by atoms with E-state index in [-0.39, 0.29) is 11.5 Å². The third-order valence-corrected chi connectivity index (χ3v) is 3.85. The highest BCUT2D eigenvalue weighted by atomic mass is 32.2. The maximum atomic E-state index is 12.0. The van der Waals surface area contributed by atoms with E-state index in [1.807, 2.05) is 19.1 Å². The molecule has 4 nitrogen and oxygen atoms in total. The van der Waals surface area contributed by atoms with Gasteiger partial charge in [-0.15, -0.1) is 0 Å². The molecule has 100 valence electrons. The molecular formula is C14H15NO3S. The van der Waals surface area contributed by atoms with Crippen molar-refractivity contribution in [2.75, 3.05) is 6.61 Å². The first-order valence-electron chi connectivity index (χ1n) is 5.82. The number of benzene rings is 1. The molecule has 1 heterocycles. The largest absolute Gasteiger partial charge is 0.367 e. The van der Waals surface area contributed by atoms with Gasteiger partial charge in [0.05, 0.1) is 11.5 Å². The number of hydrogen-bond donors (Lipinski definition) is 1. The molecule has 0 unspecified atom stereocenters. The zero-order valence-corrected chi connectivity index (χ0v) is 11.4. The summed E-state index contributed by atoms with van der Waals surface area (Å²) in [5, 5.41) is 2.90. The number of aryl methyl sites for hydroxylation is 1. The normalized spacial score (nSPS) is 14.7. The Hall–Kier alpha value is -1.85. The molecule has 0 saturated carbocycles. The van der Waals surface area contributed by atoms with Crippen LogP contribution in [0, 0.1) is 6.92 Å². The lowest BCUT2D eigenvalue weighted by Gasteiger charge is -2.06. The molecule has 0 bridgehead atoms. The molecule has 5 heteroatoms. The molecule has 0 amide bonds. The second-order valence-corrected chi connectivity index (χ2v) is 5.75. The van der Waals surface area contributed by atoms with E-state index in [2.05, 4.69) is 5.32 Å². The van der Waals surface area contributed by atoms with Gasteiger partial charge in [-0.25, -0.2) is 0 Å². The van der Waals surface area contributed by atoms with Crippen LogP contribution in [-0.2, 0) is 14.3 Å². The summed E-state index contributed by atoms with van der Waals surface area (Å²) in [5.41, 5.74) is 1.75. The van der Waals surface area contributed by atoms with Crippen LogP contribution in [0.15, 0.2) is 65.4 Å². The lowest BCUT2D eigenvalue weighted by molar-refractivity contribution is 0.350. The summed E-state index contributed by atoms with van der Waals surface area (Å²) in [4.78, 5) is 0.169. The summed E-state index contributed by atoms with van der Waals surface area (Å²) >= 11 is 0. The van der Waals surface area contributed by atoms with Crippen LogP contribution in [0.25, 0.3) is 0 Å². The average Bonchev–Trinajstić information content (AvgIpc) is 2.65. The first-order valence-corrected chi connectivity index (χ1v) is 7.23. The highest BCUT2D eigenvalue weighted by Gasteiger charge is 2.15. The number of nitrogens with one attached hydrogen (secondary N) is 1. The Bertz CT molecular complexity index is 625. The molecule has 2 rings (SSSR count). The van der Waals surface area contributed by atoms with Crippen molar-refractivity contribution < 1.29 is 12.6 Å². The lowest BCUT2D eigenvalue weighted by atomic mass is 10.2. The molecule has 0 saturated heterocycles. The van der Waals surface area contributed by atoms with Gasteiger partial charge in [0.25, 0.3) is 10.1 Å². The Morgan fingerprint density at radius 2 is 1.89 bits per heavy atom. The topological polar surface area (TPSA) is 55.4 Å². The summed E-state index contributed by atoms with van der Waals surface area (Å²) in [5.74, 6) is 0. The van der Waals surface area contributed by atoms with Gasteiger partial charge < -0.3 is 5.32 Å². The molecule has 1 aromatic carbocycles. The zero-order chi connectivity index (χ0) is 13.7. The molecule has 1 aliphatic rings. The van der Waals surface area contributed by atoms with Gasteiger partial charge in [-0.3, -0.25) is 4.18 Å². The predicted molar refractivity (Wildman–Crippen MR) is 73.8 cm³/mol. The molecule has 0 spiro atoms. The van der Waals surface area contributed by atoms with E-state index in [9.17, 15) is 8.42 Å². The van der Waals surface area contributed by atoms with Gasteiger partial charge in [-0.05, 0) is 30.7 Å². The van der Waals surface area contributed by atoms with Gasteiger partial charge in [0, 0.05) is 12.4 Å². The number of hydrogen-bond acceptors (Lipinski definition) is 4. The van der Waals surface area contributed by atoms with Crippen LogP contribution in [0.5, 0.6) is 0 Å². The molecule has 1 aromatic rings. The van der Waals surface area contributed by atoms with Crippen molar-refractivity contribution >= 4 is 10.1 Å². The number of allylic oxidation sites excluding steroid dienone is 2. The summed E-state index contributed by atoms with van der Waals surface area (Å²) in [7, 11) is -3.71. The fourth-order valence-electron chi connectivity index (χ4n) is 1.50. The van der Waals surface area contributed by atoms with Crippen molar-refractivity contribution in [1.82, 2.24) is 5.32 Å². The van der Waals surface area contributed by atoms with Crippen molar-refractivity contribution in [2.24, 2.45) is 0 Å². The van der Waals surface area contributed by atoms with Crippen molar-refractivity contribution in [2.45, 2.75) is 11.8 Å². The molecule has 0 fully saturated rings. The van der Waals surface area contributed by atoms with Gasteiger partial charge in [-0.1, -0.05) is 29.8 Å². The van der Waals surface area contributed by atoms with Gasteiger partial charge in [0.15, 0.2) is 0 Å². The molecule has 0 atom stereocenters. The van der Waals surface area contributed by atoms with E-state index >= 15 is 0 Å². The fourth-order valence-corrected chi connectivity index (χ4v) is 2.40. The van der Waals surface area contributed by atoms with Crippen LogP contribution in [0.3, 0.4) is 0 Å². The monoisotopic (exact) mass is 277 g/mol. The van der Waals surface area contributed by atoms with Crippen LogP contribution in [0.1, 0.15) is 5.56 Å². The predicted octanol–water partition coefficient (Wildman–Crippen LogP) is 2.26. The Balaban J connectivity index is 2.06. The molecular weight excluding hydrogens is 262 g/mol. The van der Waals surface area contributed by atoms with Crippen molar-refractivity contribution in [3.8, 4) is 0 Å².